The van der Waals surface area contributed by atoms with Gasteiger partial charge in [0.2, 0.25) is 0 Å². The van der Waals surface area contributed by atoms with Gasteiger partial charge in [-0.05, 0) is 22.3 Å². The Morgan fingerprint density at radius 1 is 1.11 bits per heavy atom. The highest BCUT2D eigenvalue weighted by atomic mass is 14.7. The van der Waals surface area contributed by atoms with Crippen molar-refractivity contribution in [3.63, 3.8) is 0 Å². The van der Waals surface area contributed by atoms with Gasteiger partial charge in [0, 0.05) is 17.8 Å². The molecule has 102 valence electrons. The summed E-state index contributed by atoms with van der Waals surface area (Å²) in [5.41, 5.74) is 1.71. The Morgan fingerprint density at radius 3 is 2.17 bits per heavy atom. The van der Waals surface area contributed by atoms with Crippen LogP contribution in [-0.2, 0) is 0 Å². The number of hydrogen-bond acceptors (Lipinski definition) is 1. The third-order valence-electron chi connectivity index (χ3n) is 5.09. The van der Waals surface area contributed by atoms with Crippen molar-refractivity contribution in [3.8, 4) is 0 Å². The molecule has 1 aliphatic heterocycles. The van der Waals surface area contributed by atoms with Gasteiger partial charge in [-0.1, -0.05) is 67.5 Å². The number of nitrogens with zero attached hydrogens (tertiary/aromatic N) is 1. The zero-order chi connectivity index (χ0) is 14.2. The lowest BCUT2D eigenvalue weighted by molar-refractivity contribution is 0.0923. The van der Waals surface area contributed by atoms with Crippen molar-refractivity contribution in [2.24, 2.45) is 27.2 Å². The molecule has 0 N–H and O–H groups in total. The van der Waals surface area contributed by atoms with E-state index in [0.29, 0.717) is 5.92 Å². The maximum atomic E-state index is 4.49. The minimum absolute atomic E-state index is 0.0519. The first-order chi connectivity index (χ1) is 8.01. The van der Waals surface area contributed by atoms with E-state index in [1.54, 1.807) is 0 Å². The summed E-state index contributed by atoms with van der Waals surface area (Å²) < 4.78 is 0. The SMILES string of the molecule is CC(C)C(C)(C)C(C)(C)C1=CN=CC(C)(C)C=C1. The van der Waals surface area contributed by atoms with Crippen molar-refractivity contribution in [1.29, 1.82) is 0 Å². The highest BCUT2D eigenvalue weighted by Gasteiger charge is 2.41. The van der Waals surface area contributed by atoms with Gasteiger partial charge in [-0.15, -0.1) is 0 Å². The van der Waals surface area contributed by atoms with Crippen molar-refractivity contribution in [2.75, 3.05) is 0 Å². The first-order valence-corrected chi connectivity index (χ1v) is 6.95. The molecule has 1 nitrogen and oxygen atoms in total. The summed E-state index contributed by atoms with van der Waals surface area (Å²) in [7, 11) is 0. The van der Waals surface area contributed by atoms with Crippen molar-refractivity contribution < 1.29 is 0 Å². The van der Waals surface area contributed by atoms with Crippen LogP contribution in [0.25, 0.3) is 0 Å². The normalized spacial score (nSPS) is 19.9. The number of allylic oxidation sites excluding steroid dienone is 3. The van der Waals surface area contributed by atoms with Gasteiger partial charge in [0.15, 0.2) is 0 Å². The highest BCUT2D eigenvalue weighted by Crippen LogP contribution is 2.49. The Labute approximate surface area is 113 Å². The van der Waals surface area contributed by atoms with Gasteiger partial charge >= 0.3 is 0 Å². The Kier molecular flexibility index (Phi) is 3.95. The molecular weight excluding hydrogens is 218 g/mol. The number of hydrogen-bond donors (Lipinski definition) is 0. The lowest BCUT2D eigenvalue weighted by atomic mass is 9.59. The van der Waals surface area contributed by atoms with Gasteiger partial charge in [0.25, 0.3) is 0 Å². The second-order valence-electron chi connectivity index (χ2n) is 7.52. The molecule has 0 aromatic rings. The van der Waals surface area contributed by atoms with Crippen LogP contribution in [0.3, 0.4) is 0 Å². The summed E-state index contributed by atoms with van der Waals surface area (Å²) in [6.45, 7) is 18.3. The molecule has 0 radical (unpaired) electrons. The van der Waals surface area contributed by atoms with Crippen molar-refractivity contribution in [2.45, 2.75) is 55.4 Å². The summed E-state index contributed by atoms with van der Waals surface area (Å²) >= 11 is 0. The quantitative estimate of drug-likeness (QED) is 0.646. The largest absolute Gasteiger partial charge is 0.268 e. The molecule has 0 spiro atoms. The van der Waals surface area contributed by atoms with E-state index in [-0.39, 0.29) is 16.2 Å². The van der Waals surface area contributed by atoms with Crippen LogP contribution in [0.1, 0.15) is 55.4 Å². The topological polar surface area (TPSA) is 12.4 Å². The second-order valence-corrected chi connectivity index (χ2v) is 7.52. The van der Waals surface area contributed by atoms with Gasteiger partial charge in [-0.2, -0.15) is 0 Å². The van der Waals surface area contributed by atoms with Crippen molar-refractivity contribution >= 4 is 6.21 Å². The van der Waals surface area contributed by atoms with Crippen LogP contribution in [-0.4, -0.2) is 6.21 Å². The molecule has 0 fully saturated rings. The first kappa shape index (κ1) is 15.2. The lowest BCUT2D eigenvalue weighted by Gasteiger charge is -2.45. The van der Waals surface area contributed by atoms with E-state index >= 15 is 0 Å². The first-order valence-electron chi connectivity index (χ1n) is 6.95. The monoisotopic (exact) mass is 247 g/mol. The Bertz CT molecular complexity index is 390. The molecule has 0 unspecified atom stereocenters. The van der Waals surface area contributed by atoms with Crippen LogP contribution in [0.5, 0.6) is 0 Å². The lowest BCUT2D eigenvalue weighted by Crippen LogP contribution is -2.38. The zero-order valence-electron chi connectivity index (χ0n) is 13.3. The predicted molar refractivity (Wildman–Crippen MR) is 81.9 cm³/mol. The zero-order valence-corrected chi connectivity index (χ0v) is 13.3. The molecule has 0 amide bonds. The van der Waals surface area contributed by atoms with Crippen LogP contribution in [0.2, 0.25) is 0 Å². The molecule has 0 atom stereocenters. The minimum Gasteiger partial charge on any atom is -0.268 e. The van der Waals surface area contributed by atoms with E-state index in [1.165, 1.54) is 5.57 Å². The highest BCUT2D eigenvalue weighted by molar-refractivity contribution is 5.69. The van der Waals surface area contributed by atoms with E-state index in [4.69, 9.17) is 0 Å². The number of rotatable bonds is 3. The summed E-state index contributed by atoms with van der Waals surface area (Å²) in [5.74, 6) is 0.627. The summed E-state index contributed by atoms with van der Waals surface area (Å²) in [4.78, 5) is 4.49. The Hall–Kier alpha value is -0.850. The maximum Gasteiger partial charge on any atom is 0.0301 e. The third-order valence-corrected chi connectivity index (χ3v) is 5.09. The molecule has 1 heteroatoms. The van der Waals surface area contributed by atoms with Crippen LogP contribution >= 0.6 is 0 Å². The van der Waals surface area contributed by atoms with Crippen LogP contribution < -0.4 is 0 Å². The van der Waals surface area contributed by atoms with Gasteiger partial charge in [0.05, 0.1) is 0 Å². The van der Waals surface area contributed by atoms with E-state index < -0.39 is 0 Å². The predicted octanol–water partition coefficient (Wildman–Crippen LogP) is 5.25. The molecule has 0 saturated heterocycles. The van der Waals surface area contributed by atoms with E-state index in [2.05, 4.69) is 72.5 Å². The average Bonchev–Trinajstić information content (AvgIpc) is 2.38. The molecular formula is C17H29N. The van der Waals surface area contributed by atoms with E-state index in [9.17, 15) is 0 Å². The van der Waals surface area contributed by atoms with Gasteiger partial charge < -0.3 is 0 Å². The maximum absolute atomic E-state index is 4.49. The minimum atomic E-state index is 0.0519. The van der Waals surface area contributed by atoms with Gasteiger partial charge in [-0.25, -0.2) is 0 Å². The fraction of sp³-hybridized carbons (Fsp3) is 0.706. The summed E-state index contributed by atoms with van der Waals surface area (Å²) in [5, 5.41) is 0. The molecule has 0 aliphatic carbocycles. The molecule has 1 rings (SSSR count). The Morgan fingerprint density at radius 2 is 1.67 bits per heavy atom. The molecule has 0 bridgehead atoms. The van der Waals surface area contributed by atoms with Crippen LogP contribution in [0, 0.1) is 22.2 Å². The molecule has 0 aromatic carbocycles. The third kappa shape index (κ3) is 2.76. The molecule has 1 aliphatic rings. The van der Waals surface area contributed by atoms with Gasteiger partial charge in [-0.3, -0.25) is 4.99 Å². The van der Waals surface area contributed by atoms with E-state index in [0.717, 1.165) is 0 Å². The fourth-order valence-electron chi connectivity index (χ4n) is 2.16. The average molecular weight is 247 g/mol. The van der Waals surface area contributed by atoms with Crippen molar-refractivity contribution in [3.05, 3.63) is 23.9 Å². The van der Waals surface area contributed by atoms with Gasteiger partial charge in [0.1, 0.15) is 0 Å². The summed E-state index contributed by atoms with van der Waals surface area (Å²) in [6.07, 6.45) is 8.58. The number of aliphatic imine (C=N–C) groups is 1. The molecule has 18 heavy (non-hydrogen) atoms. The van der Waals surface area contributed by atoms with Crippen molar-refractivity contribution in [1.82, 2.24) is 0 Å². The molecule has 0 aromatic heterocycles. The second kappa shape index (κ2) is 4.68. The van der Waals surface area contributed by atoms with Crippen LogP contribution in [0.4, 0.5) is 0 Å². The standard InChI is InChI=1S/C17H29N/c1-13(2)16(5,6)17(7,8)14-9-10-15(3,4)12-18-11-14/h9-13H,1-8H3. The fourth-order valence-corrected chi connectivity index (χ4v) is 2.16. The molecule has 1 heterocycles. The van der Waals surface area contributed by atoms with E-state index in [1.807, 2.05) is 12.4 Å². The summed E-state index contributed by atoms with van der Waals surface area (Å²) in [6, 6.07) is 0. The van der Waals surface area contributed by atoms with Crippen LogP contribution in [0.15, 0.2) is 28.9 Å². The molecule has 0 saturated carbocycles. The smallest absolute Gasteiger partial charge is 0.0301 e. The Balaban J connectivity index is 3.15.